The van der Waals surface area contributed by atoms with Crippen LogP contribution in [-0.2, 0) is 17.9 Å². The summed E-state index contributed by atoms with van der Waals surface area (Å²) in [7, 11) is 0. The Bertz CT molecular complexity index is 1020. The molecule has 152 valence electrons. The van der Waals surface area contributed by atoms with E-state index in [1.54, 1.807) is 12.1 Å². The van der Waals surface area contributed by atoms with Crippen LogP contribution in [0, 0.1) is 10.1 Å². The molecule has 2 amide bonds. The Morgan fingerprint density at radius 1 is 1.38 bits per heavy atom. The van der Waals surface area contributed by atoms with E-state index < -0.39 is 22.8 Å². The molecular formula is C17H19N7O5. The first kappa shape index (κ1) is 19.8. The summed E-state index contributed by atoms with van der Waals surface area (Å²) >= 11 is 0. The summed E-state index contributed by atoms with van der Waals surface area (Å²) in [5.74, 6) is -0.405. The van der Waals surface area contributed by atoms with Crippen LogP contribution in [0.25, 0.3) is 0 Å². The molecule has 12 nitrogen and oxygen atoms in total. The number of hydrogen-bond donors (Lipinski definition) is 2. The average molecular weight is 401 g/mol. The van der Waals surface area contributed by atoms with Gasteiger partial charge in [0, 0.05) is 12.7 Å². The van der Waals surface area contributed by atoms with Crippen LogP contribution >= 0.6 is 0 Å². The van der Waals surface area contributed by atoms with Crippen molar-refractivity contribution in [2.75, 3.05) is 5.32 Å². The molecule has 0 radical (unpaired) electrons. The zero-order valence-electron chi connectivity index (χ0n) is 15.7. The second-order valence-corrected chi connectivity index (χ2v) is 6.11. The van der Waals surface area contributed by atoms with Gasteiger partial charge in [-0.05, 0) is 26.0 Å². The van der Waals surface area contributed by atoms with Crippen LogP contribution in [0.3, 0.4) is 0 Å². The lowest BCUT2D eigenvalue weighted by molar-refractivity contribution is -0.385. The first-order valence-corrected chi connectivity index (χ1v) is 8.76. The van der Waals surface area contributed by atoms with Crippen LogP contribution in [0.15, 0.2) is 41.4 Å². The monoisotopic (exact) mass is 401 g/mol. The van der Waals surface area contributed by atoms with E-state index in [2.05, 4.69) is 20.8 Å². The highest BCUT2D eigenvalue weighted by Gasteiger charge is 2.23. The number of carbonyl (C=O) groups excluding carboxylic acids is 2. The van der Waals surface area contributed by atoms with E-state index >= 15 is 0 Å². The van der Waals surface area contributed by atoms with Gasteiger partial charge in [-0.2, -0.15) is 10.2 Å². The molecule has 0 aliphatic carbocycles. The first-order chi connectivity index (χ1) is 13.9. The maximum absolute atomic E-state index is 12.6. The number of amides is 2. The molecule has 29 heavy (non-hydrogen) atoms. The molecule has 12 heteroatoms. The van der Waals surface area contributed by atoms with Gasteiger partial charge in [-0.3, -0.25) is 29.1 Å². The number of hydrogen-bond acceptors (Lipinski definition) is 7. The summed E-state index contributed by atoms with van der Waals surface area (Å²) in [5.41, 5.74) is 0.0501. The number of rotatable bonds is 8. The van der Waals surface area contributed by atoms with E-state index in [1.165, 1.54) is 28.7 Å². The molecule has 0 aliphatic heterocycles. The summed E-state index contributed by atoms with van der Waals surface area (Å²) in [6.07, 6.45) is 5.26. The molecule has 0 saturated carbocycles. The molecule has 1 unspecified atom stereocenters. The molecule has 2 N–H and O–H groups in total. The maximum atomic E-state index is 12.6. The highest BCUT2D eigenvalue weighted by atomic mass is 16.6. The maximum Gasteiger partial charge on any atom is 0.307 e. The summed E-state index contributed by atoms with van der Waals surface area (Å²) in [4.78, 5) is 35.3. The number of carbonyl (C=O) groups is 2. The largest absolute Gasteiger partial charge is 0.467 e. The zero-order chi connectivity index (χ0) is 21.0. The van der Waals surface area contributed by atoms with Crippen LogP contribution in [0.5, 0.6) is 0 Å². The molecule has 0 aliphatic rings. The lowest BCUT2D eigenvalue weighted by atomic mass is 10.3. The van der Waals surface area contributed by atoms with Crippen molar-refractivity contribution in [2.45, 2.75) is 33.0 Å². The van der Waals surface area contributed by atoms with Crippen molar-refractivity contribution in [3.05, 3.63) is 58.6 Å². The fourth-order valence-corrected chi connectivity index (χ4v) is 2.50. The summed E-state index contributed by atoms with van der Waals surface area (Å²) in [6, 6.07) is 2.59. The minimum atomic E-state index is -0.840. The molecule has 3 aromatic rings. The van der Waals surface area contributed by atoms with E-state index in [1.807, 2.05) is 6.92 Å². The van der Waals surface area contributed by atoms with Crippen molar-refractivity contribution in [1.29, 1.82) is 0 Å². The Morgan fingerprint density at radius 3 is 2.79 bits per heavy atom. The SMILES string of the molecule is CCn1cc(NC(=O)C(C)n2cc([N+](=O)[O-])cn2)c(C(=O)NCc2ccco2)n1. The second-order valence-electron chi connectivity index (χ2n) is 6.11. The van der Waals surface area contributed by atoms with E-state index in [4.69, 9.17) is 4.42 Å². The molecule has 0 saturated heterocycles. The number of aryl methyl sites for hydroxylation is 1. The molecule has 0 fully saturated rings. The number of furan rings is 1. The fourth-order valence-electron chi connectivity index (χ4n) is 2.50. The number of nitrogens with one attached hydrogen (secondary N) is 2. The van der Waals surface area contributed by atoms with Gasteiger partial charge in [-0.15, -0.1) is 0 Å². The molecule has 0 bridgehead atoms. The van der Waals surface area contributed by atoms with Gasteiger partial charge < -0.3 is 15.1 Å². The zero-order valence-corrected chi connectivity index (χ0v) is 15.7. The van der Waals surface area contributed by atoms with Crippen molar-refractivity contribution >= 4 is 23.2 Å². The Hall–Kier alpha value is -3.96. The van der Waals surface area contributed by atoms with Gasteiger partial charge in [-0.1, -0.05) is 0 Å². The third-order valence-corrected chi connectivity index (χ3v) is 4.14. The van der Waals surface area contributed by atoms with Gasteiger partial charge in [0.1, 0.15) is 24.2 Å². The predicted octanol–water partition coefficient (Wildman–Crippen LogP) is 1.73. The third-order valence-electron chi connectivity index (χ3n) is 4.14. The van der Waals surface area contributed by atoms with Crippen LogP contribution in [-0.4, -0.2) is 36.3 Å². The van der Waals surface area contributed by atoms with E-state index in [-0.39, 0.29) is 23.6 Å². The van der Waals surface area contributed by atoms with Gasteiger partial charge >= 0.3 is 5.69 Å². The van der Waals surface area contributed by atoms with Gasteiger partial charge in [0.2, 0.25) is 5.91 Å². The van der Waals surface area contributed by atoms with Crippen molar-refractivity contribution in [2.24, 2.45) is 0 Å². The number of nitrogens with zero attached hydrogens (tertiary/aromatic N) is 5. The Labute approximate surface area is 164 Å². The second kappa shape index (κ2) is 8.37. The molecule has 0 aromatic carbocycles. The van der Waals surface area contributed by atoms with Crippen LogP contribution in [0.1, 0.15) is 36.1 Å². The Balaban J connectivity index is 1.73. The number of nitro groups is 1. The molecular weight excluding hydrogens is 382 g/mol. The smallest absolute Gasteiger partial charge is 0.307 e. The fraction of sp³-hybridized carbons (Fsp3) is 0.294. The van der Waals surface area contributed by atoms with Crippen LogP contribution < -0.4 is 10.6 Å². The van der Waals surface area contributed by atoms with Crippen molar-refractivity contribution in [3.63, 3.8) is 0 Å². The van der Waals surface area contributed by atoms with Gasteiger partial charge in [0.25, 0.3) is 5.91 Å². The lowest BCUT2D eigenvalue weighted by Crippen LogP contribution is -2.27. The van der Waals surface area contributed by atoms with Crippen molar-refractivity contribution < 1.29 is 18.9 Å². The minimum absolute atomic E-state index is 0.0467. The predicted molar refractivity (Wildman–Crippen MR) is 100 cm³/mol. The molecule has 3 rings (SSSR count). The lowest BCUT2D eigenvalue weighted by Gasteiger charge is -2.12. The molecule has 3 aromatic heterocycles. The van der Waals surface area contributed by atoms with E-state index in [0.29, 0.717) is 12.3 Å². The third kappa shape index (κ3) is 4.48. The van der Waals surface area contributed by atoms with E-state index in [0.717, 1.165) is 12.4 Å². The standard InChI is InChI=1S/C17H19N7O5/c1-3-22-10-14(15(21-22)17(26)18-8-13-5-4-6-29-13)20-16(25)11(2)23-9-12(7-19-23)24(27)28/h4-7,9-11H,3,8H2,1-2H3,(H,18,26)(H,20,25). The summed E-state index contributed by atoms with van der Waals surface area (Å²) in [6.45, 7) is 4.04. The topological polar surface area (TPSA) is 150 Å². The Morgan fingerprint density at radius 2 is 2.17 bits per heavy atom. The highest BCUT2D eigenvalue weighted by molar-refractivity contribution is 6.02. The van der Waals surface area contributed by atoms with Crippen LogP contribution in [0.2, 0.25) is 0 Å². The molecule has 0 spiro atoms. The Kier molecular flexibility index (Phi) is 5.71. The first-order valence-electron chi connectivity index (χ1n) is 8.76. The van der Waals surface area contributed by atoms with E-state index in [9.17, 15) is 19.7 Å². The number of anilines is 1. The van der Waals surface area contributed by atoms with Gasteiger partial charge in [0.15, 0.2) is 5.69 Å². The van der Waals surface area contributed by atoms with Gasteiger partial charge in [-0.25, -0.2) is 0 Å². The van der Waals surface area contributed by atoms with Gasteiger partial charge in [0.05, 0.1) is 23.4 Å². The summed E-state index contributed by atoms with van der Waals surface area (Å²) < 4.78 is 7.86. The quantitative estimate of drug-likeness (QED) is 0.431. The highest BCUT2D eigenvalue weighted by Crippen LogP contribution is 2.18. The van der Waals surface area contributed by atoms with Crippen molar-refractivity contribution in [3.8, 4) is 0 Å². The van der Waals surface area contributed by atoms with Crippen LogP contribution in [0.4, 0.5) is 11.4 Å². The molecule has 3 heterocycles. The molecule has 1 atom stereocenters. The summed E-state index contributed by atoms with van der Waals surface area (Å²) in [5, 5.41) is 24.1. The number of aromatic nitrogens is 4. The normalized spacial score (nSPS) is 11.8. The van der Waals surface area contributed by atoms with Crippen molar-refractivity contribution in [1.82, 2.24) is 24.9 Å². The minimum Gasteiger partial charge on any atom is -0.467 e. The average Bonchev–Trinajstić information content (AvgIpc) is 3.45.